The van der Waals surface area contributed by atoms with Gasteiger partial charge in [-0.05, 0) is 23.9 Å². The first-order valence-electron chi connectivity index (χ1n) is 4.90. The van der Waals surface area contributed by atoms with Crippen LogP contribution in [-0.2, 0) is 11.2 Å². The minimum atomic E-state index is -0.148. The summed E-state index contributed by atoms with van der Waals surface area (Å²) in [5, 5.41) is 2.56. The molecule has 4 nitrogen and oxygen atoms in total. The molecule has 0 aliphatic rings. The van der Waals surface area contributed by atoms with E-state index in [-0.39, 0.29) is 11.7 Å². The molecular weight excluding hydrogens is 202 g/mol. The maximum atomic E-state index is 11.5. The van der Waals surface area contributed by atoms with Crippen LogP contribution in [0.2, 0.25) is 0 Å². The Labute approximate surface area is 94.6 Å². The fourth-order valence-electron chi connectivity index (χ4n) is 1.19. The second-order valence-electron chi connectivity index (χ2n) is 3.22. The number of allylic oxidation sites excluding steroid dienone is 2. The standard InChI is InChI=1S/C12H15N3O/c13-8-4-7-11(14)15-12(16)9-10-5-2-1-3-6-10/h1-8H,9,13-14H2,(H,15,16)/b8-4-,11-7+. The third kappa shape index (κ3) is 4.32. The number of rotatable bonds is 4. The van der Waals surface area contributed by atoms with Crippen LogP contribution in [-0.4, -0.2) is 5.91 Å². The highest BCUT2D eigenvalue weighted by atomic mass is 16.1. The molecule has 0 aliphatic carbocycles. The number of benzene rings is 1. The molecule has 0 saturated carbocycles. The zero-order valence-electron chi connectivity index (χ0n) is 8.89. The molecule has 1 amide bonds. The molecule has 0 fully saturated rings. The Bertz CT molecular complexity index is 396. The summed E-state index contributed by atoms with van der Waals surface area (Å²) in [6.45, 7) is 0. The lowest BCUT2D eigenvalue weighted by Crippen LogP contribution is -2.28. The summed E-state index contributed by atoms with van der Waals surface area (Å²) in [5.41, 5.74) is 11.6. The van der Waals surface area contributed by atoms with Crippen LogP contribution in [0.15, 0.2) is 54.5 Å². The fraction of sp³-hybridized carbons (Fsp3) is 0.0833. The van der Waals surface area contributed by atoms with E-state index in [4.69, 9.17) is 11.5 Å². The van der Waals surface area contributed by atoms with Crippen molar-refractivity contribution in [1.82, 2.24) is 5.32 Å². The van der Waals surface area contributed by atoms with E-state index in [2.05, 4.69) is 5.32 Å². The van der Waals surface area contributed by atoms with Gasteiger partial charge in [0.2, 0.25) is 5.91 Å². The van der Waals surface area contributed by atoms with Gasteiger partial charge in [0.15, 0.2) is 0 Å². The van der Waals surface area contributed by atoms with Crippen LogP contribution in [0.3, 0.4) is 0 Å². The molecular formula is C12H15N3O. The lowest BCUT2D eigenvalue weighted by atomic mass is 10.1. The Balaban J connectivity index is 2.48. The van der Waals surface area contributed by atoms with E-state index < -0.39 is 0 Å². The Morgan fingerprint density at radius 1 is 1.31 bits per heavy atom. The fourth-order valence-corrected chi connectivity index (χ4v) is 1.19. The van der Waals surface area contributed by atoms with Crippen molar-refractivity contribution in [2.75, 3.05) is 0 Å². The summed E-state index contributed by atoms with van der Waals surface area (Å²) in [4.78, 5) is 11.5. The van der Waals surface area contributed by atoms with Crippen molar-refractivity contribution in [2.24, 2.45) is 11.5 Å². The van der Waals surface area contributed by atoms with E-state index in [9.17, 15) is 4.79 Å². The third-order valence-corrected chi connectivity index (χ3v) is 1.88. The van der Waals surface area contributed by atoms with E-state index in [1.54, 1.807) is 6.08 Å². The molecule has 1 aromatic carbocycles. The largest absolute Gasteiger partial charge is 0.405 e. The van der Waals surface area contributed by atoms with Crippen LogP contribution in [0, 0.1) is 0 Å². The predicted octanol–water partition coefficient (Wildman–Crippen LogP) is 0.618. The monoisotopic (exact) mass is 217 g/mol. The third-order valence-electron chi connectivity index (χ3n) is 1.88. The van der Waals surface area contributed by atoms with Gasteiger partial charge in [-0.2, -0.15) is 0 Å². The molecule has 84 valence electrons. The van der Waals surface area contributed by atoms with Gasteiger partial charge < -0.3 is 16.8 Å². The number of carbonyl (C=O) groups excluding carboxylic acids is 1. The van der Waals surface area contributed by atoms with Gasteiger partial charge in [-0.25, -0.2) is 0 Å². The minimum Gasteiger partial charge on any atom is -0.405 e. The SMILES string of the molecule is N/C=C\C=C(/N)NC(=O)Cc1ccccc1. The van der Waals surface area contributed by atoms with E-state index >= 15 is 0 Å². The zero-order chi connectivity index (χ0) is 11.8. The Morgan fingerprint density at radius 3 is 2.62 bits per heavy atom. The highest BCUT2D eigenvalue weighted by Crippen LogP contribution is 1.99. The average Bonchev–Trinajstić information content (AvgIpc) is 2.27. The van der Waals surface area contributed by atoms with Crippen LogP contribution in [0.5, 0.6) is 0 Å². The molecule has 0 aliphatic heterocycles. The van der Waals surface area contributed by atoms with Gasteiger partial charge in [0, 0.05) is 0 Å². The van der Waals surface area contributed by atoms with E-state index in [1.165, 1.54) is 12.3 Å². The summed E-state index contributed by atoms with van der Waals surface area (Å²) in [6, 6.07) is 9.46. The Kier molecular flexibility index (Phi) is 4.66. The van der Waals surface area contributed by atoms with Crippen molar-refractivity contribution >= 4 is 5.91 Å². The molecule has 4 heteroatoms. The first-order valence-corrected chi connectivity index (χ1v) is 4.90. The smallest absolute Gasteiger partial charge is 0.229 e. The molecule has 0 atom stereocenters. The number of nitrogens with two attached hydrogens (primary N) is 2. The van der Waals surface area contributed by atoms with Crippen LogP contribution < -0.4 is 16.8 Å². The van der Waals surface area contributed by atoms with Gasteiger partial charge in [-0.1, -0.05) is 30.3 Å². The number of hydrogen-bond donors (Lipinski definition) is 3. The Morgan fingerprint density at radius 2 is 2.00 bits per heavy atom. The molecule has 0 saturated heterocycles. The van der Waals surface area contributed by atoms with Gasteiger partial charge in [-0.3, -0.25) is 4.79 Å². The molecule has 5 N–H and O–H groups in total. The predicted molar refractivity (Wildman–Crippen MR) is 63.9 cm³/mol. The number of carbonyl (C=O) groups is 1. The van der Waals surface area contributed by atoms with E-state index in [1.807, 2.05) is 30.3 Å². The maximum absolute atomic E-state index is 11.5. The van der Waals surface area contributed by atoms with Crippen LogP contribution in [0.25, 0.3) is 0 Å². The molecule has 0 aromatic heterocycles. The lowest BCUT2D eigenvalue weighted by molar-refractivity contribution is -0.119. The number of amides is 1. The van der Waals surface area contributed by atoms with Gasteiger partial charge in [0.1, 0.15) is 5.82 Å². The van der Waals surface area contributed by atoms with E-state index in [0.29, 0.717) is 6.42 Å². The summed E-state index contributed by atoms with van der Waals surface area (Å²) in [5.74, 6) is 0.132. The van der Waals surface area contributed by atoms with E-state index in [0.717, 1.165) is 5.56 Å². The quantitative estimate of drug-likeness (QED) is 0.647. The second kappa shape index (κ2) is 6.29. The maximum Gasteiger partial charge on any atom is 0.229 e. The number of hydrogen-bond acceptors (Lipinski definition) is 3. The van der Waals surface area contributed by atoms with Crippen molar-refractivity contribution in [2.45, 2.75) is 6.42 Å². The summed E-state index contributed by atoms with van der Waals surface area (Å²) in [6.07, 6.45) is 4.74. The topological polar surface area (TPSA) is 81.1 Å². The molecule has 1 aromatic rings. The molecule has 0 heterocycles. The Hall–Kier alpha value is -2.23. The molecule has 0 spiro atoms. The van der Waals surface area contributed by atoms with Crippen LogP contribution in [0.1, 0.15) is 5.56 Å². The van der Waals surface area contributed by atoms with Crippen molar-refractivity contribution < 1.29 is 4.79 Å². The van der Waals surface area contributed by atoms with Gasteiger partial charge in [0.05, 0.1) is 6.42 Å². The summed E-state index contributed by atoms with van der Waals surface area (Å²) >= 11 is 0. The van der Waals surface area contributed by atoms with Gasteiger partial charge >= 0.3 is 0 Å². The molecule has 0 unspecified atom stereocenters. The average molecular weight is 217 g/mol. The molecule has 1 rings (SSSR count). The minimum absolute atomic E-state index is 0.148. The first-order chi connectivity index (χ1) is 7.72. The first kappa shape index (κ1) is 11.8. The van der Waals surface area contributed by atoms with Crippen molar-refractivity contribution in [3.05, 3.63) is 60.1 Å². The second-order valence-corrected chi connectivity index (χ2v) is 3.22. The van der Waals surface area contributed by atoms with Crippen LogP contribution >= 0.6 is 0 Å². The van der Waals surface area contributed by atoms with Crippen molar-refractivity contribution in [1.29, 1.82) is 0 Å². The van der Waals surface area contributed by atoms with Gasteiger partial charge in [-0.15, -0.1) is 0 Å². The zero-order valence-corrected chi connectivity index (χ0v) is 8.89. The summed E-state index contributed by atoms with van der Waals surface area (Å²) in [7, 11) is 0. The number of nitrogens with one attached hydrogen (secondary N) is 1. The normalized spacial score (nSPS) is 11.6. The molecule has 0 radical (unpaired) electrons. The molecule has 0 bridgehead atoms. The lowest BCUT2D eigenvalue weighted by Gasteiger charge is -2.04. The highest BCUT2D eigenvalue weighted by molar-refractivity contribution is 5.80. The van der Waals surface area contributed by atoms with Gasteiger partial charge in [0.25, 0.3) is 0 Å². The molecule has 16 heavy (non-hydrogen) atoms. The van der Waals surface area contributed by atoms with Crippen molar-refractivity contribution in [3.8, 4) is 0 Å². The highest BCUT2D eigenvalue weighted by Gasteiger charge is 2.02. The van der Waals surface area contributed by atoms with Crippen molar-refractivity contribution in [3.63, 3.8) is 0 Å². The summed E-state index contributed by atoms with van der Waals surface area (Å²) < 4.78 is 0. The van der Waals surface area contributed by atoms with Crippen LogP contribution in [0.4, 0.5) is 0 Å².